The van der Waals surface area contributed by atoms with E-state index in [1.165, 1.54) is 0 Å². The third-order valence-corrected chi connectivity index (χ3v) is 4.75. The standard InChI is InChI=1S/C20H21N3O2/c24-18(15-8-3-1-4-9-15)14-17-12-7-13-23(17)20-21-19(25-22-20)16-10-5-2-6-11-16/h1-6,8-11,17-18,24H,7,12-14H2. The third kappa shape index (κ3) is 3.42. The normalized spacial score (nSPS) is 18.4. The van der Waals surface area contributed by atoms with E-state index < -0.39 is 6.10 Å². The highest BCUT2D eigenvalue weighted by Crippen LogP contribution is 2.31. The number of benzene rings is 2. The lowest BCUT2D eigenvalue weighted by atomic mass is 10.0. The van der Waals surface area contributed by atoms with Gasteiger partial charge in [0.1, 0.15) is 0 Å². The SMILES string of the molecule is OC(CC1CCCN1c1noc(-c2ccccc2)n1)c1ccccc1. The molecule has 0 radical (unpaired) electrons. The first-order chi connectivity index (χ1) is 12.3. The molecule has 0 spiro atoms. The first-order valence-corrected chi connectivity index (χ1v) is 8.70. The molecule has 1 aliphatic rings. The number of aliphatic hydroxyl groups excluding tert-OH is 1. The van der Waals surface area contributed by atoms with Gasteiger partial charge in [-0.2, -0.15) is 4.98 Å². The van der Waals surface area contributed by atoms with Crippen molar-refractivity contribution in [1.82, 2.24) is 10.1 Å². The van der Waals surface area contributed by atoms with E-state index in [9.17, 15) is 5.11 Å². The van der Waals surface area contributed by atoms with Gasteiger partial charge in [-0.1, -0.05) is 48.5 Å². The number of rotatable bonds is 5. The molecule has 2 aromatic carbocycles. The number of hydrogen-bond acceptors (Lipinski definition) is 5. The first-order valence-electron chi connectivity index (χ1n) is 8.70. The molecule has 128 valence electrons. The Morgan fingerprint density at radius 3 is 2.56 bits per heavy atom. The molecule has 5 heteroatoms. The monoisotopic (exact) mass is 335 g/mol. The molecule has 4 rings (SSSR count). The summed E-state index contributed by atoms with van der Waals surface area (Å²) in [4.78, 5) is 6.71. The number of aliphatic hydroxyl groups is 1. The van der Waals surface area contributed by atoms with Crippen LogP contribution in [0.1, 0.15) is 30.9 Å². The second-order valence-electron chi connectivity index (χ2n) is 6.42. The predicted octanol–water partition coefficient (Wildman–Crippen LogP) is 3.83. The van der Waals surface area contributed by atoms with E-state index >= 15 is 0 Å². The van der Waals surface area contributed by atoms with Crippen molar-refractivity contribution in [2.75, 3.05) is 11.4 Å². The number of aromatic nitrogens is 2. The van der Waals surface area contributed by atoms with E-state index in [1.807, 2.05) is 60.7 Å². The molecule has 1 aliphatic heterocycles. The topological polar surface area (TPSA) is 62.4 Å². The van der Waals surface area contributed by atoms with E-state index in [-0.39, 0.29) is 6.04 Å². The van der Waals surface area contributed by atoms with Gasteiger partial charge in [0.2, 0.25) is 0 Å². The highest BCUT2D eigenvalue weighted by atomic mass is 16.5. The fraction of sp³-hybridized carbons (Fsp3) is 0.300. The van der Waals surface area contributed by atoms with Crippen LogP contribution in [-0.2, 0) is 0 Å². The Balaban J connectivity index is 1.49. The maximum atomic E-state index is 10.5. The molecule has 3 aromatic rings. The van der Waals surface area contributed by atoms with E-state index in [0.717, 1.165) is 30.5 Å². The van der Waals surface area contributed by atoms with Crippen LogP contribution in [-0.4, -0.2) is 27.8 Å². The molecular formula is C20H21N3O2. The highest BCUT2D eigenvalue weighted by molar-refractivity contribution is 5.54. The van der Waals surface area contributed by atoms with Crippen molar-refractivity contribution in [3.05, 3.63) is 66.2 Å². The number of anilines is 1. The summed E-state index contributed by atoms with van der Waals surface area (Å²) >= 11 is 0. The summed E-state index contributed by atoms with van der Waals surface area (Å²) in [6.07, 6.45) is 2.28. The van der Waals surface area contributed by atoms with Crippen molar-refractivity contribution < 1.29 is 9.63 Å². The highest BCUT2D eigenvalue weighted by Gasteiger charge is 2.30. The Labute approximate surface area is 146 Å². The molecule has 2 heterocycles. The van der Waals surface area contributed by atoms with Gasteiger partial charge in [-0.25, -0.2) is 0 Å². The van der Waals surface area contributed by atoms with Gasteiger partial charge >= 0.3 is 0 Å². The third-order valence-electron chi connectivity index (χ3n) is 4.75. The van der Waals surface area contributed by atoms with Gasteiger partial charge in [-0.05, 0) is 42.1 Å². The lowest BCUT2D eigenvalue weighted by Gasteiger charge is -2.25. The summed E-state index contributed by atoms with van der Waals surface area (Å²) in [6.45, 7) is 0.889. The minimum absolute atomic E-state index is 0.219. The van der Waals surface area contributed by atoms with Gasteiger partial charge in [0.15, 0.2) is 0 Å². The van der Waals surface area contributed by atoms with Crippen LogP contribution in [0.15, 0.2) is 65.2 Å². The van der Waals surface area contributed by atoms with Crippen molar-refractivity contribution in [2.45, 2.75) is 31.4 Å². The minimum Gasteiger partial charge on any atom is -0.388 e. The summed E-state index contributed by atoms with van der Waals surface area (Å²) in [7, 11) is 0. The molecule has 2 unspecified atom stereocenters. The van der Waals surface area contributed by atoms with Gasteiger partial charge in [0, 0.05) is 18.2 Å². The largest absolute Gasteiger partial charge is 0.388 e. The van der Waals surface area contributed by atoms with Crippen molar-refractivity contribution in [2.24, 2.45) is 0 Å². The van der Waals surface area contributed by atoms with Crippen LogP contribution >= 0.6 is 0 Å². The van der Waals surface area contributed by atoms with E-state index in [4.69, 9.17) is 4.52 Å². The van der Waals surface area contributed by atoms with Crippen molar-refractivity contribution >= 4 is 5.95 Å². The van der Waals surface area contributed by atoms with E-state index in [1.54, 1.807) is 0 Å². The maximum absolute atomic E-state index is 10.5. The molecule has 1 fully saturated rings. The van der Waals surface area contributed by atoms with Gasteiger partial charge in [0.05, 0.1) is 6.10 Å². The molecule has 0 bridgehead atoms. The number of hydrogen-bond donors (Lipinski definition) is 1. The van der Waals surface area contributed by atoms with Crippen LogP contribution < -0.4 is 4.90 Å². The zero-order chi connectivity index (χ0) is 17.1. The first kappa shape index (κ1) is 15.8. The van der Waals surface area contributed by atoms with Crippen LogP contribution in [0.25, 0.3) is 11.5 Å². The van der Waals surface area contributed by atoms with Gasteiger partial charge in [-0.3, -0.25) is 0 Å². The van der Waals surface area contributed by atoms with Crippen LogP contribution in [0.4, 0.5) is 5.95 Å². The average molecular weight is 335 g/mol. The zero-order valence-electron chi connectivity index (χ0n) is 14.0. The number of nitrogens with zero attached hydrogens (tertiary/aromatic N) is 3. The Morgan fingerprint density at radius 1 is 1.08 bits per heavy atom. The smallest absolute Gasteiger partial charge is 0.266 e. The second-order valence-corrected chi connectivity index (χ2v) is 6.42. The van der Waals surface area contributed by atoms with Crippen LogP contribution in [0.3, 0.4) is 0 Å². The zero-order valence-corrected chi connectivity index (χ0v) is 14.0. The van der Waals surface area contributed by atoms with Crippen molar-refractivity contribution in [1.29, 1.82) is 0 Å². The lowest BCUT2D eigenvalue weighted by molar-refractivity contribution is 0.158. The van der Waals surface area contributed by atoms with Crippen LogP contribution in [0.2, 0.25) is 0 Å². The van der Waals surface area contributed by atoms with Crippen molar-refractivity contribution in [3.63, 3.8) is 0 Å². The molecule has 2 atom stereocenters. The molecule has 1 saturated heterocycles. The predicted molar refractivity (Wildman–Crippen MR) is 96.1 cm³/mol. The van der Waals surface area contributed by atoms with E-state index in [0.29, 0.717) is 18.3 Å². The van der Waals surface area contributed by atoms with Gasteiger partial charge in [0.25, 0.3) is 11.8 Å². The molecule has 0 saturated carbocycles. The Morgan fingerprint density at radius 2 is 1.80 bits per heavy atom. The fourth-order valence-corrected chi connectivity index (χ4v) is 3.44. The summed E-state index contributed by atoms with van der Waals surface area (Å²) in [5.74, 6) is 1.14. The summed E-state index contributed by atoms with van der Waals surface area (Å²) in [6, 6.07) is 19.8. The van der Waals surface area contributed by atoms with Crippen LogP contribution in [0, 0.1) is 0 Å². The van der Waals surface area contributed by atoms with Crippen molar-refractivity contribution in [3.8, 4) is 11.5 Å². The van der Waals surface area contributed by atoms with E-state index in [2.05, 4.69) is 15.0 Å². The quantitative estimate of drug-likeness (QED) is 0.768. The second kappa shape index (κ2) is 7.07. The molecular weight excluding hydrogens is 314 g/mol. The Bertz CT molecular complexity index is 804. The van der Waals surface area contributed by atoms with Crippen LogP contribution in [0.5, 0.6) is 0 Å². The Hall–Kier alpha value is -2.66. The average Bonchev–Trinajstić information content (AvgIpc) is 3.32. The summed E-state index contributed by atoms with van der Waals surface area (Å²) in [5, 5.41) is 14.7. The molecule has 1 aromatic heterocycles. The molecule has 25 heavy (non-hydrogen) atoms. The molecule has 0 amide bonds. The maximum Gasteiger partial charge on any atom is 0.266 e. The summed E-state index contributed by atoms with van der Waals surface area (Å²) < 4.78 is 5.44. The molecule has 1 N–H and O–H groups in total. The lowest BCUT2D eigenvalue weighted by Crippen LogP contribution is -2.31. The molecule has 0 aliphatic carbocycles. The van der Waals surface area contributed by atoms with Gasteiger partial charge < -0.3 is 14.5 Å². The fourth-order valence-electron chi connectivity index (χ4n) is 3.44. The molecule has 5 nitrogen and oxygen atoms in total. The Kier molecular flexibility index (Phi) is 4.48. The van der Waals surface area contributed by atoms with Gasteiger partial charge in [-0.15, -0.1) is 0 Å². The summed E-state index contributed by atoms with van der Waals surface area (Å²) in [5.41, 5.74) is 1.87. The minimum atomic E-state index is -0.479.